The highest BCUT2D eigenvalue weighted by molar-refractivity contribution is 9.09. The zero-order chi connectivity index (χ0) is 6.83. The summed E-state index contributed by atoms with van der Waals surface area (Å²) in [6, 6.07) is 0. The summed E-state index contributed by atoms with van der Waals surface area (Å²) in [7, 11) is 0. The second-order valence-electron chi connectivity index (χ2n) is 1.22. The Bertz CT molecular complexity index is 25.0. The average molecular weight is 263 g/mol. The number of alkyl halides is 1. The van der Waals surface area contributed by atoms with Gasteiger partial charge in [-0.15, -0.1) is 17.0 Å². The third kappa shape index (κ3) is 50.1. The van der Waals surface area contributed by atoms with Gasteiger partial charge in [-0.3, -0.25) is 0 Å². The summed E-state index contributed by atoms with van der Waals surface area (Å²) in [5.74, 6) is 0. The maximum atomic E-state index is 3.15. The van der Waals surface area contributed by atoms with Gasteiger partial charge in [-0.1, -0.05) is 36.7 Å². The molecule has 0 radical (unpaired) electrons. The average Bonchev–Trinajstić information content (AvgIpc) is 1.71. The first kappa shape index (κ1) is 16.5. The van der Waals surface area contributed by atoms with Gasteiger partial charge in [0.1, 0.15) is 0 Å². The topological polar surface area (TPSA) is 12.0 Å². The van der Waals surface area contributed by atoms with Crippen LogP contribution in [0.3, 0.4) is 0 Å². The summed E-state index contributed by atoms with van der Waals surface area (Å²) >= 11 is 3.15. The van der Waals surface area contributed by atoms with Crippen LogP contribution in [-0.2, 0) is 0 Å². The molecule has 9 heavy (non-hydrogen) atoms. The van der Waals surface area contributed by atoms with Crippen molar-refractivity contribution in [3.63, 3.8) is 0 Å². The number of rotatable bonds is 2. The van der Waals surface area contributed by atoms with Gasteiger partial charge in [-0.25, -0.2) is 0 Å². The van der Waals surface area contributed by atoms with Crippen LogP contribution in [0.5, 0.6) is 0 Å². The van der Waals surface area contributed by atoms with Crippen LogP contribution in [0.15, 0.2) is 0 Å². The van der Waals surface area contributed by atoms with Gasteiger partial charge >= 0.3 is 0 Å². The van der Waals surface area contributed by atoms with Gasteiger partial charge in [-0.05, 0) is 13.1 Å². The maximum Gasteiger partial charge on any atom is 0.000281 e. The molecular weight excluding hydrogens is 246 g/mol. The molecule has 60 valence electrons. The number of nitrogens with one attached hydrogen (secondary N) is 1. The fourth-order valence-electron chi connectivity index (χ4n) is 0.250. The Morgan fingerprint density at radius 3 is 1.33 bits per heavy atom. The van der Waals surface area contributed by atoms with Crippen molar-refractivity contribution in [2.45, 2.75) is 20.8 Å². The standard InChI is InChI=1S/C4H11N.C2H5Br.BrH/c1-3-5-4-2;1-2-3;/h5H,3-4H2,1-2H3;2H2,1H3;1H. The Labute approximate surface area is 77.5 Å². The maximum absolute atomic E-state index is 3.15. The first-order valence-corrected chi connectivity index (χ1v) is 4.22. The summed E-state index contributed by atoms with van der Waals surface area (Å²) in [4.78, 5) is 0. The molecule has 0 spiro atoms. The van der Waals surface area contributed by atoms with Crippen molar-refractivity contribution in [3.05, 3.63) is 0 Å². The summed E-state index contributed by atoms with van der Waals surface area (Å²) < 4.78 is 0. The number of halogens is 2. The van der Waals surface area contributed by atoms with Crippen molar-refractivity contribution in [2.75, 3.05) is 18.4 Å². The monoisotopic (exact) mass is 261 g/mol. The molecule has 1 N–H and O–H groups in total. The minimum Gasteiger partial charge on any atom is -0.317 e. The molecular formula is C6H17Br2N. The second-order valence-corrected chi connectivity index (χ2v) is 2.35. The fraction of sp³-hybridized carbons (Fsp3) is 1.00. The lowest BCUT2D eigenvalue weighted by Crippen LogP contribution is -2.09. The normalized spacial score (nSPS) is 6.67. The third-order valence-corrected chi connectivity index (χ3v) is 0.500. The van der Waals surface area contributed by atoms with E-state index in [1.54, 1.807) is 0 Å². The molecule has 0 unspecified atom stereocenters. The molecule has 0 fully saturated rings. The highest BCUT2D eigenvalue weighted by Crippen LogP contribution is 1.67. The van der Waals surface area contributed by atoms with Crippen molar-refractivity contribution in [1.29, 1.82) is 0 Å². The molecule has 0 amide bonds. The van der Waals surface area contributed by atoms with Gasteiger partial charge in [0.15, 0.2) is 0 Å². The van der Waals surface area contributed by atoms with Crippen molar-refractivity contribution in [2.24, 2.45) is 0 Å². The smallest absolute Gasteiger partial charge is 0.000281 e. The highest BCUT2D eigenvalue weighted by atomic mass is 79.9. The number of hydrogen-bond donors (Lipinski definition) is 1. The van der Waals surface area contributed by atoms with Crippen LogP contribution < -0.4 is 5.32 Å². The van der Waals surface area contributed by atoms with E-state index in [0.29, 0.717) is 0 Å². The lowest BCUT2D eigenvalue weighted by molar-refractivity contribution is 0.762. The zero-order valence-corrected chi connectivity index (χ0v) is 9.71. The van der Waals surface area contributed by atoms with Gasteiger partial charge in [0.2, 0.25) is 0 Å². The van der Waals surface area contributed by atoms with E-state index in [-0.39, 0.29) is 17.0 Å². The molecule has 0 aliphatic carbocycles. The molecule has 0 atom stereocenters. The van der Waals surface area contributed by atoms with Gasteiger partial charge in [-0.2, -0.15) is 0 Å². The Balaban J connectivity index is -0.0000000800. The van der Waals surface area contributed by atoms with E-state index >= 15 is 0 Å². The quantitative estimate of drug-likeness (QED) is 0.755. The minimum atomic E-state index is 0. The molecule has 0 aromatic rings. The fourth-order valence-corrected chi connectivity index (χ4v) is 0.250. The largest absolute Gasteiger partial charge is 0.317 e. The SMILES string of the molecule is Br.CCBr.CCNCC. The van der Waals surface area contributed by atoms with Crippen molar-refractivity contribution in [3.8, 4) is 0 Å². The van der Waals surface area contributed by atoms with Crippen LogP contribution in [0.4, 0.5) is 0 Å². The highest BCUT2D eigenvalue weighted by Gasteiger charge is 1.62. The van der Waals surface area contributed by atoms with Crippen LogP contribution in [0, 0.1) is 0 Å². The van der Waals surface area contributed by atoms with Crippen LogP contribution >= 0.6 is 32.9 Å². The molecule has 0 saturated heterocycles. The minimum absolute atomic E-state index is 0. The van der Waals surface area contributed by atoms with Crippen LogP contribution in [0.1, 0.15) is 20.8 Å². The second kappa shape index (κ2) is 23.1. The predicted octanol–water partition coefficient (Wildman–Crippen LogP) is 2.59. The molecule has 1 nitrogen and oxygen atoms in total. The van der Waals surface area contributed by atoms with Crippen molar-refractivity contribution in [1.82, 2.24) is 5.32 Å². The van der Waals surface area contributed by atoms with Gasteiger partial charge < -0.3 is 5.32 Å². The lowest BCUT2D eigenvalue weighted by Gasteiger charge is -1.86. The molecule has 3 heteroatoms. The van der Waals surface area contributed by atoms with Crippen molar-refractivity contribution >= 4 is 32.9 Å². The van der Waals surface area contributed by atoms with E-state index in [2.05, 4.69) is 35.1 Å². The molecule has 0 bridgehead atoms. The zero-order valence-electron chi connectivity index (χ0n) is 6.41. The van der Waals surface area contributed by atoms with E-state index < -0.39 is 0 Å². The van der Waals surface area contributed by atoms with Gasteiger partial charge in [0.25, 0.3) is 0 Å². The Hall–Kier alpha value is 0.920. The van der Waals surface area contributed by atoms with E-state index in [4.69, 9.17) is 0 Å². The summed E-state index contributed by atoms with van der Waals surface area (Å²) in [5.41, 5.74) is 0. The lowest BCUT2D eigenvalue weighted by atomic mass is 10.7. The Morgan fingerprint density at radius 1 is 1.11 bits per heavy atom. The van der Waals surface area contributed by atoms with E-state index in [1.165, 1.54) is 0 Å². The number of hydrogen-bond acceptors (Lipinski definition) is 1. The molecule has 0 saturated carbocycles. The van der Waals surface area contributed by atoms with Gasteiger partial charge in [0, 0.05) is 5.33 Å². The van der Waals surface area contributed by atoms with Crippen LogP contribution in [0.2, 0.25) is 0 Å². The molecule has 0 aliphatic rings. The van der Waals surface area contributed by atoms with Gasteiger partial charge in [0.05, 0.1) is 0 Å². The molecule has 0 aliphatic heterocycles. The predicted molar refractivity (Wildman–Crippen MR) is 54.0 cm³/mol. The molecule has 0 aromatic heterocycles. The molecule has 0 heterocycles. The van der Waals surface area contributed by atoms with E-state index in [9.17, 15) is 0 Å². The van der Waals surface area contributed by atoms with Crippen LogP contribution in [0.25, 0.3) is 0 Å². The van der Waals surface area contributed by atoms with E-state index in [0.717, 1.165) is 18.4 Å². The summed E-state index contributed by atoms with van der Waals surface area (Å²) in [6.07, 6.45) is 0. The van der Waals surface area contributed by atoms with E-state index in [1.807, 2.05) is 6.92 Å². The molecule has 0 aromatic carbocycles. The first-order valence-electron chi connectivity index (χ1n) is 3.10. The third-order valence-electron chi connectivity index (χ3n) is 0.500. The Morgan fingerprint density at radius 2 is 1.33 bits per heavy atom. The Kier molecular flexibility index (Phi) is 42.3. The van der Waals surface area contributed by atoms with Crippen LogP contribution in [-0.4, -0.2) is 18.4 Å². The first-order chi connectivity index (χ1) is 3.83. The molecule has 0 rings (SSSR count). The summed E-state index contributed by atoms with van der Waals surface area (Å²) in [6.45, 7) is 8.43. The summed E-state index contributed by atoms with van der Waals surface area (Å²) in [5, 5.41) is 4.17. The van der Waals surface area contributed by atoms with Crippen molar-refractivity contribution < 1.29 is 0 Å².